The maximum atomic E-state index is 13.6. The molecular weight excluding hydrogens is 531 g/mol. The molecule has 2 fully saturated rings. The van der Waals surface area contributed by atoms with E-state index in [1.165, 1.54) is 18.2 Å². The Morgan fingerprint density at radius 1 is 0.970 bits per heavy atom. The Hall–Kier alpha value is -2.48. The molecular formula is C24H17BrCl2N2O4. The highest BCUT2D eigenvalue weighted by molar-refractivity contribution is 9.10. The smallest absolute Gasteiger partial charge is 0.274 e. The minimum atomic E-state index is -0.718. The minimum Gasteiger partial charge on any atom is -0.292 e. The molecule has 0 aromatic heterocycles. The summed E-state index contributed by atoms with van der Waals surface area (Å²) in [4.78, 5) is 53.4. The third kappa shape index (κ3) is 3.72. The monoisotopic (exact) mass is 546 g/mol. The second kappa shape index (κ2) is 8.38. The van der Waals surface area contributed by atoms with Crippen LogP contribution in [-0.4, -0.2) is 40.1 Å². The molecule has 33 heavy (non-hydrogen) atoms. The largest absolute Gasteiger partial charge is 0.292 e. The molecule has 0 unspecified atom stereocenters. The van der Waals surface area contributed by atoms with E-state index in [4.69, 9.17) is 23.2 Å². The van der Waals surface area contributed by atoms with Crippen molar-refractivity contribution in [1.29, 1.82) is 0 Å². The van der Waals surface area contributed by atoms with Gasteiger partial charge in [-0.25, -0.2) is 5.01 Å². The molecule has 6 nitrogen and oxygen atoms in total. The molecule has 1 aliphatic heterocycles. The van der Waals surface area contributed by atoms with Crippen molar-refractivity contribution < 1.29 is 19.2 Å². The van der Waals surface area contributed by atoms with Crippen LogP contribution in [0.3, 0.4) is 0 Å². The van der Waals surface area contributed by atoms with Gasteiger partial charge in [-0.2, -0.15) is 5.01 Å². The number of carbonyl (C=O) groups excluding carboxylic acids is 4. The summed E-state index contributed by atoms with van der Waals surface area (Å²) in [5, 5.41) is 2.20. The average Bonchev–Trinajstić information content (AvgIpc) is 3.46. The van der Waals surface area contributed by atoms with Gasteiger partial charge in [0.25, 0.3) is 17.7 Å². The zero-order valence-corrected chi connectivity index (χ0v) is 20.2. The van der Waals surface area contributed by atoms with Crippen LogP contribution in [0.2, 0.25) is 10.0 Å². The number of benzene rings is 2. The fourth-order valence-electron chi connectivity index (χ4n) is 5.02. The highest BCUT2D eigenvalue weighted by Gasteiger charge is 2.61. The van der Waals surface area contributed by atoms with Crippen LogP contribution in [0.4, 0.5) is 0 Å². The van der Waals surface area contributed by atoms with E-state index in [-0.39, 0.29) is 22.4 Å². The van der Waals surface area contributed by atoms with E-state index in [2.05, 4.69) is 15.9 Å². The van der Waals surface area contributed by atoms with Gasteiger partial charge in [0.2, 0.25) is 0 Å². The first-order valence-electron chi connectivity index (χ1n) is 10.4. The Bertz CT molecular complexity index is 1200. The molecule has 1 heterocycles. The zero-order valence-electron chi connectivity index (χ0n) is 17.1. The summed E-state index contributed by atoms with van der Waals surface area (Å²) in [5.41, 5.74) is 0.391. The van der Waals surface area contributed by atoms with Gasteiger partial charge in [0.05, 0.1) is 22.4 Å². The van der Waals surface area contributed by atoms with E-state index >= 15 is 0 Å². The number of fused-ring (bicyclic) bond motifs is 5. The molecule has 0 radical (unpaired) electrons. The highest BCUT2D eigenvalue weighted by Crippen LogP contribution is 2.52. The number of hydrazine groups is 1. The number of carbonyl (C=O) groups is 4. The molecule has 168 valence electrons. The van der Waals surface area contributed by atoms with Crippen LogP contribution in [0.25, 0.3) is 0 Å². The van der Waals surface area contributed by atoms with Gasteiger partial charge in [-0.1, -0.05) is 63.4 Å². The maximum Gasteiger partial charge on any atom is 0.274 e. The van der Waals surface area contributed by atoms with Gasteiger partial charge in [-0.3, -0.25) is 19.2 Å². The van der Waals surface area contributed by atoms with Crippen LogP contribution in [0.5, 0.6) is 0 Å². The Kier molecular flexibility index (Phi) is 5.67. The summed E-state index contributed by atoms with van der Waals surface area (Å²) in [6, 6.07) is 10.9. The first-order valence-corrected chi connectivity index (χ1v) is 11.9. The molecule has 4 atom stereocenters. The number of hydrogen-bond acceptors (Lipinski definition) is 4. The lowest BCUT2D eigenvalue weighted by Crippen LogP contribution is -2.52. The van der Waals surface area contributed by atoms with Crippen molar-refractivity contribution in [2.24, 2.45) is 23.7 Å². The van der Waals surface area contributed by atoms with Crippen molar-refractivity contribution in [3.05, 3.63) is 80.3 Å². The lowest BCUT2D eigenvalue weighted by Gasteiger charge is -2.31. The zero-order chi connectivity index (χ0) is 23.4. The van der Waals surface area contributed by atoms with Gasteiger partial charge >= 0.3 is 0 Å². The summed E-state index contributed by atoms with van der Waals surface area (Å²) >= 11 is 15.5. The minimum absolute atomic E-state index is 0.0281. The number of rotatable bonds is 5. The molecule has 0 spiro atoms. The summed E-state index contributed by atoms with van der Waals surface area (Å²) in [6.45, 7) is -0.487. The molecule has 2 bridgehead atoms. The standard InChI is InChI=1S/C24H17BrCl2N2O4/c25-15-5-3-12(4-6-15)19(30)11-28(22(31)17-8-7-16(26)10-18(17)27)29-23(32)20-13-1-2-14(9-13)21(20)24(29)33/h1-8,10,13-14,20-21H,9,11H2/t13-,14-,20-,21+/m0/s1. The van der Waals surface area contributed by atoms with Crippen molar-refractivity contribution >= 4 is 62.6 Å². The van der Waals surface area contributed by atoms with E-state index in [0.717, 1.165) is 20.9 Å². The summed E-state index contributed by atoms with van der Waals surface area (Å²) in [7, 11) is 0. The second-order valence-corrected chi connectivity index (χ2v) is 10.2. The third-order valence-electron chi connectivity index (χ3n) is 6.54. The van der Waals surface area contributed by atoms with E-state index in [1.54, 1.807) is 24.3 Å². The van der Waals surface area contributed by atoms with Crippen LogP contribution >= 0.6 is 39.1 Å². The number of imide groups is 1. The number of ketones is 1. The quantitative estimate of drug-likeness (QED) is 0.306. The first-order chi connectivity index (χ1) is 15.8. The summed E-state index contributed by atoms with van der Waals surface area (Å²) < 4.78 is 0.792. The van der Waals surface area contributed by atoms with E-state index < -0.39 is 41.9 Å². The molecule has 9 heteroatoms. The van der Waals surface area contributed by atoms with Crippen LogP contribution < -0.4 is 0 Å². The van der Waals surface area contributed by atoms with Crippen molar-refractivity contribution in [1.82, 2.24) is 10.0 Å². The molecule has 0 N–H and O–H groups in total. The van der Waals surface area contributed by atoms with E-state index in [0.29, 0.717) is 10.6 Å². The molecule has 1 saturated heterocycles. The summed E-state index contributed by atoms with van der Waals surface area (Å²) in [6.07, 6.45) is 4.70. The average molecular weight is 548 g/mol. The van der Waals surface area contributed by atoms with Crippen LogP contribution in [0.1, 0.15) is 27.1 Å². The number of halogens is 3. The molecule has 5 rings (SSSR count). The van der Waals surface area contributed by atoms with Gasteiger partial charge in [0, 0.05) is 15.1 Å². The molecule has 3 amide bonds. The predicted molar refractivity (Wildman–Crippen MR) is 126 cm³/mol. The number of allylic oxidation sites excluding steroid dienone is 2. The number of hydrogen-bond donors (Lipinski definition) is 0. The molecule has 3 aliphatic rings. The summed E-state index contributed by atoms with van der Waals surface area (Å²) in [5.74, 6) is -3.12. The Morgan fingerprint density at radius 2 is 1.58 bits per heavy atom. The van der Waals surface area contributed by atoms with Gasteiger partial charge in [0.15, 0.2) is 5.78 Å². The fraction of sp³-hybridized carbons (Fsp3) is 0.250. The van der Waals surface area contributed by atoms with Gasteiger partial charge in [-0.15, -0.1) is 0 Å². The van der Waals surface area contributed by atoms with Crippen LogP contribution in [0, 0.1) is 23.7 Å². The lowest BCUT2D eigenvalue weighted by atomic mass is 9.85. The number of amides is 3. The van der Waals surface area contributed by atoms with Crippen LogP contribution in [0.15, 0.2) is 59.1 Å². The van der Waals surface area contributed by atoms with Crippen molar-refractivity contribution in [2.45, 2.75) is 6.42 Å². The molecule has 2 aliphatic carbocycles. The van der Waals surface area contributed by atoms with Crippen molar-refractivity contribution in [3.8, 4) is 0 Å². The second-order valence-electron chi connectivity index (χ2n) is 8.41. The van der Waals surface area contributed by atoms with E-state index in [1.807, 2.05) is 12.2 Å². The van der Waals surface area contributed by atoms with Gasteiger partial charge in [0.1, 0.15) is 6.54 Å². The number of Topliss-reactive ketones (excluding diaryl/α,β-unsaturated/α-hetero) is 1. The normalized spacial score (nSPS) is 25.0. The highest BCUT2D eigenvalue weighted by atomic mass is 79.9. The third-order valence-corrected chi connectivity index (χ3v) is 7.62. The molecule has 2 aromatic rings. The Labute approximate surface area is 208 Å². The van der Waals surface area contributed by atoms with Crippen molar-refractivity contribution in [3.63, 3.8) is 0 Å². The first kappa shape index (κ1) is 22.3. The fourth-order valence-corrected chi connectivity index (χ4v) is 5.78. The van der Waals surface area contributed by atoms with Gasteiger partial charge in [-0.05, 0) is 48.6 Å². The maximum absolute atomic E-state index is 13.6. The SMILES string of the molecule is O=C(CN(C(=O)c1ccc(Cl)cc1Cl)N1C(=O)[C@@H]2[C@H](C1=O)[C@H]1C=C[C@H]2C1)c1ccc(Br)cc1. The van der Waals surface area contributed by atoms with Crippen LogP contribution in [-0.2, 0) is 9.59 Å². The molecule has 2 aromatic carbocycles. The molecule has 1 saturated carbocycles. The lowest BCUT2D eigenvalue weighted by molar-refractivity contribution is -0.154. The predicted octanol–water partition coefficient (Wildman–Crippen LogP) is 4.80. The topological polar surface area (TPSA) is 74.8 Å². The van der Waals surface area contributed by atoms with E-state index in [9.17, 15) is 19.2 Å². The van der Waals surface area contributed by atoms with Crippen molar-refractivity contribution in [2.75, 3.05) is 6.54 Å². The van der Waals surface area contributed by atoms with Gasteiger partial charge < -0.3 is 0 Å². The Morgan fingerprint density at radius 3 is 2.15 bits per heavy atom. The Balaban J connectivity index is 1.52. The number of nitrogens with zero attached hydrogens (tertiary/aromatic N) is 2.